The molecule has 13 heteroatoms. The molecule has 0 radical (unpaired) electrons. The number of hydrogen-bond acceptors (Lipinski definition) is 10. The number of amides is 1. The molecule has 258 valence electrons. The average molecular weight is 740 g/mol. The number of halogens is 2. The molecule has 0 spiro atoms. The molecule has 1 amide bonds. The Hall–Kier alpha value is -3.51. The van der Waals surface area contributed by atoms with E-state index < -0.39 is 5.60 Å². The van der Waals surface area contributed by atoms with Gasteiger partial charge in [0.2, 0.25) is 0 Å². The van der Waals surface area contributed by atoms with Crippen molar-refractivity contribution in [2.24, 2.45) is 5.41 Å². The van der Waals surface area contributed by atoms with Crippen molar-refractivity contribution in [3.63, 3.8) is 0 Å². The number of aldehydes is 1. The Morgan fingerprint density at radius 3 is 2.67 bits per heavy atom. The number of benzene rings is 2. The van der Waals surface area contributed by atoms with Gasteiger partial charge in [-0.3, -0.25) is 0 Å². The summed E-state index contributed by atoms with van der Waals surface area (Å²) in [7, 11) is 1.96. The quantitative estimate of drug-likeness (QED) is 0.126. The predicted molar refractivity (Wildman–Crippen MR) is 202 cm³/mol. The minimum Gasteiger partial charge on any atom is -0.444 e. The molecular formula is C36H40Cl2N6O3S2. The van der Waals surface area contributed by atoms with Crippen LogP contribution in [0.5, 0.6) is 0 Å². The van der Waals surface area contributed by atoms with Gasteiger partial charge in [-0.25, -0.2) is 14.8 Å². The molecule has 2 aromatic heterocycles. The zero-order valence-corrected chi connectivity index (χ0v) is 31.4. The number of thiazole rings is 1. The normalized spacial score (nSPS) is 15.3. The molecular weight excluding hydrogens is 699 g/mol. The fourth-order valence-electron chi connectivity index (χ4n) is 6.28. The summed E-state index contributed by atoms with van der Waals surface area (Å²) < 4.78 is 7.81. The summed E-state index contributed by atoms with van der Waals surface area (Å²) in [5, 5.41) is 5.30. The summed E-state index contributed by atoms with van der Waals surface area (Å²) in [4.78, 5) is 39.6. The predicted octanol–water partition coefficient (Wildman–Crippen LogP) is 9.29. The van der Waals surface area contributed by atoms with E-state index in [0.29, 0.717) is 41.9 Å². The second-order valence-electron chi connectivity index (χ2n) is 13.7. The molecule has 6 rings (SSSR count). The van der Waals surface area contributed by atoms with E-state index in [9.17, 15) is 9.59 Å². The molecule has 1 fully saturated rings. The van der Waals surface area contributed by atoms with Gasteiger partial charge in [-0.05, 0) is 100 Å². The van der Waals surface area contributed by atoms with Gasteiger partial charge < -0.3 is 29.0 Å². The van der Waals surface area contributed by atoms with Crippen LogP contribution in [0.25, 0.3) is 10.4 Å². The molecule has 9 nitrogen and oxygen atoms in total. The van der Waals surface area contributed by atoms with Gasteiger partial charge in [0.1, 0.15) is 23.5 Å². The van der Waals surface area contributed by atoms with Gasteiger partial charge in [0.15, 0.2) is 5.13 Å². The lowest BCUT2D eigenvalue weighted by Gasteiger charge is -2.50. The van der Waals surface area contributed by atoms with Crippen molar-refractivity contribution in [1.82, 2.24) is 14.9 Å². The zero-order chi connectivity index (χ0) is 34.9. The number of carbonyl (C=O) groups excluding carboxylic acids is 2. The Balaban J connectivity index is 1.13. The molecule has 0 atom stereocenters. The number of nitrogens with zero attached hydrogens (tertiary/aromatic N) is 5. The number of anilines is 4. The van der Waals surface area contributed by atoms with Crippen molar-refractivity contribution in [3.8, 4) is 10.4 Å². The van der Waals surface area contributed by atoms with Crippen molar-refractivity contribution in [3.05, 3.63) is 75.9 Å². The number of hydrogen-bond donors (Lipinski definition) is 1. The second-order valence-corrected chi connectivity index (χ2v) is 16.5. The topological polar surface area (TPSA) is 90.9 Å². The summed E-state index contributed by atoms with van der Waals surface area (Å²) >= 11 is 16.0. The summed E-state index contributed by atoms with van der Waals surface area (Å²) in [6.07, 6.45) is 2.98. The van der Waals surface area contributed by atoms with E-state index in [4.69, 9.17) is 37.9 Å². The van der Waals surface area contributed by atoms with Gasteiger partial charge in [0, 0.05) is 50.0 Å². The standard InChI is InChI=1S/C36H40Cl2N6O3S2/c1-23-32(25-14-15-27-24(19-25)9-8-17-44(27)49-28-11-6-10-26(37)31(28)38)48-33(39-23)41-29-12-7-13-30(40-29)42(5)20-36(16-18-45)21-43(22-36)34(46)47-35(2,3)4/h6-7,10-15,18-19H,8-9,16-17,20-22H2,1-5H3,(H,39,40,41). The molecule has 0 aliphatic carbocycles. The highest BCUT2D eigenvalue weighted by molar-refractivity contribution is 8.00. The van der Waals surface area contributed by atoms with Gasteiger partial charge in [-0.1, -0.05) is 52.7 Å². The van der Waals surface area contributed by atoms with Gasteiger partial charge in [0.25, 0.3) is 0 Å². The Morgan fingerprint density at radius 1 is 1.14 bits per heavy atom. The largest absolute Gasteiger partial charge is 0.444 e. The van der Waals surface area contributed by atoms with Crippen molar-refractivity contribution in [1.29, 1.82) is 0 Å². The Kier molecular flexibility index (Phi) is 10.4. The monoisotopic (exact) mass is 738 g/mol. The average Bonchev–Trinajstić information content (AvgIpc) is 3.40. The Labute approximate surface area is 306 Å². The third kappa shape index (κ3) is 8.11. The van der Waals surface area contributed by atoms with Gasteiger partial charge >= 0.3 is 6.09 Å². The van der Waals surface area contributed by atoms with E-state index in [1.54, 1.807) is 28.2 Å². The van der Waals surface area contributed by atoms with Crippen LogP contribution < -0.4 is 14.5 Å². The van der Waals surface area contributed by atoms with E-state index in [0.717, 1.165) is 57.7 Å². The number of fused-ring (bicyclic) bond motifs is 1. The molecule has 1 saturated heterocycles. The van der Waals surface area contributed by atoms with Crippen LogP contribution in [0.4, 0.5) is 27.2 Å². The fourth-order valence-corrected chi connectivity index (χ4v) is 8.77. The molecule has 0 saturated carbocycles. The first-order valence-corrected chi connectivity index (χ1v) is 18.5. The first-order chi connectivity index (χ1) is 23.3. The zero-order valence-electron chi connectivity index (χ0n) is 28.3. The van der Waals surface area contributed by atoms with E-state index in [1.807, 2.05) is 76.0 Å². The van der Waals surface area contributed by atoms with Crippen molar-refractivity contribution in [2.75, 3.05) is 47.7 Å². The third-order valence-electron chi connectivity index (χ3n) is 8.49. The van der Waals surface area contributed by atoms with Crippen molar-refractivity contribution < 1.29 is 14.3 Å². The van der Waals surface area contributed by atoms with Gasteiger partial charge in [0.05, 0.1) is 26.3 Å². The van der Waals surface area contributed by atoms with E-state index in [1.165, 1.54) is 11.3 Å². The molecule has 2 aromatic carbocycles. The van der Waals surface area contributed by atoms with Crippen molar-refractivity contribution >= 4 is 81.3 Å². The van der Waals surface area contributed by atoms with E-state index in [2.05, 4.69) is 27.8 Å². The minimum atomic E-state index is -0.569. The first kappa shape index (κ1) is 35.3. The number of rotatable bonds is 10. The Morgan fingerprint density at radius 2 is 1.92 bits per heavy atom. The lowest BCUT2D eigenvalue weighted by molar-refractivity contribution is -0.113. The number of carbonyl (C=O) groups is 2. The summed E-state index contributed by atoms with van der Waals surface area (Å²) in [6, 6.07) is 18.2. The molecule has 4 aromatic rings. The van der Waals surface area contributed by atoms with E-state index >= 15 is 0 Å². The molecule has 49 heavy (non-hydrogen) atoms. The lowest BCUT2D eigenvalue weighted by atomic mass is 9.77. The summed E-state index contributed by atoms with van der Waals surface area (Å²) in [5.74, 6) is 1.44. The highest BCUT2D eigenvalue weighted by Gasteiger charge is 2.47. The Bertz CT molecular complexity index is 1860. The fraction of sp³-hybridized carbons (Fsp3) is 0.389. The van der Waals surface area contributed by atoms with Crippen LogP contribution in [-0.4, -0.2) is 66.1 Å². The SMILES string of the molecule is Cc1nc(Nc2cccc(N(C)CC3(CC=O)CN(C(=O)OC(C)(C)C)C3)n2)sc1-c1ccc2c(c1)CCCN2Sc1cccc(Cl)c1Cl. The van der Waals surface area contributed by atoms with Crippen LogP contribution >= 0.6 is 46.5 Å². The molecule has 0 unspecified atom stereocenters. The molecule has 0 bridgehead atoms. The number of aryl methyl sites for hydroxylation is 2. The number of pyridine rings is 1. The molecule has 4 heterocycles. The maximum Gasteiger partial charge on any atom is 0.410 e. The number of likely N-dealkylation sites (tertiary alicyclic amines) is 1. The summed E-state index contributed by atoms with van der Waals surface area (Å²) in [5.41, 5.74) is 3.65. The van der Waals surface area contributed by atoms with Gasteiger partial charge in [-0.2, -0.15) is 0 Å². The van der Waals surface area contributed by atoms with E-state index in [-0.39, 0.29) is 11.5 Å². The highest BCUT2D eigenvalue weighted by atomic mass is 35.5. The van der Waals surface area contributed by atoms with Crippen LogP contribution in [-0.2, 0) is 16.0 Å². The number of nitrogens with one attached hydrogen (secondary N) is 1. The number of ether oxygens (including phenoxy) is 1. The summed E-state index contributed by atoms with van der Waals surface area (Å²) in [6.45, 7) is 9.99. The minimum absolute atomic E-state index is 0.352. The molecule has 2 aliphatic heterocycles. The smallest absolute Gasteiger partial charge is 0.410 e. The highest BCUT2D eigenvalue weighted by Crippen LogP contribution is 2.43. The van der Waals surface area contributed by atoms with Crippen LogP contribution in [0.2, 0.25) is 10.0 Å². The maximum absolute atomic E-state index is 12.5. The van der Waals surface area contributed by atoms with Crippen LogP contribution in [0, 0.1) is 12.3 Å². The van der Waals surface area contributed by atoms with Crippen LogP contribution in [0.3, 0.4) is 0 Å². The maximum atomic E-state index is 12.5. The van der Waals surface area contributed by atoms with Crippen LogP contribution in [0.1, 0.15) is 44.9 Å². The third-order valence-corrected chi connectivity index (χ3v) is 11.7. The van der Waals surface area contributed by atoms with Crippen LogP contribution in [0.15, 0.2) is 59.5 Å². The lowest BCUT2D eigenvalue weighted by Crippen LogP contribution is -2.63. The number of aromatic nitrogens is 2. The first-order valence-electron chi connectivity index (χ1n) is 16.2. The molecule has 1 N–H and O–H groups in total. The van der Waals surface area contributed by atoms with Crippen molar-refractivity contribution in [2.45, 2.75) is 57.5 Å². The molecule has 2 aliphatic rings. The second kappa shape index (κ2) is 14.4. The van der Waals surface area contributed by atoms with Gasteiger partial charge in [-0.15, -0.1) is 0 Å².